The summed E-state index contributed by atoms with van der Waals surface area (Å²) in [5.74, 6) is -0.863. The van der Waals surface area contributed by atoms with Crippen LogP contribution in [0.1, 0.15) is 329 Å². The van der Waals surface area contributed by atoms with Gasteiger partial charge in [0.15, 0.2) is 6.10 Å². The third kappa shape index (κ3) is 54.7. The third-order valence-corrected chi connectivity index (χ3v) is 13.4. The highest BCUT2D eigenvalue weighted by Crippen LogP contribution is 2.17. The minimum absolute atomic E-state index is 0.0700. The van der Waals surface area contributed by atoms with Crippen LogP contribution >= 0.6 is 0 Å². The van der Waals surface area contributed by atoms with Gasteiger partial charge in [0.1, 0.15) is 13.2 Å². The summed E-state index contributed by atoms with van der Waals surface area (Å²) >= 11 is 0. The van der Waals surface area contributed by atoms with Gasteiger partial charge in [0.2, 0.25) is 0 Å². The Morgan fingerprint density at radius 1 is 0.284 bits per heavy atom. The van der Waals surface area contributed by atoms with Gasteiger partial charge in [-0.1, -0.05) is 270 Å². The van der Waals surface area contributed by atoms with Crippen LogP contribution in [-0.2, 0) is 28.6 Å². The molecule has 0 amide bonds. The van der Waals surface area contributed by atoms with Crippen LogP contribution in [0.15, 0.2) is 24.3 Å². The number of unbranched alkanes of at least 4 members (excludes halogenated alkanes) is 40. The van der Waals surface area contributed by atoms with Crippen molar-refractivity contribution in [1.82, 2.24) is 0 Å². The second kappa shape index (κ2) is 56.5. The smallest absolute Gasteiger partial charge is 0.306 e. The molecule has 67 heavy (non-hydrogen) atoms. The number of rotatable bonds is 55. The molecule has 6 nitrogen and oxygen atoms in total. The second-order valence-electron chi connectivity index (χ2n) is 20.3. The van der Waals surface area contributed by atoms with Gasteiger partial charge in [-0.25, -0.2) is 0 Å². The minimum atomic E-state index is -0.770. The Hall–Kier alpha value is -2.11. The molecule has 0 aliphatic carbocycles. The van der Waals surface area contributed by atoms with Crippen LogP contribution in [0.5, 0.6) is 0 Å². The lowest BCUT2D eigenvalue weighted by Gasteiger charge is -2.18. The number of hydrogen-bond donors (Lipinski definition) is 0. The molecule has 0 aromatic rings. The Balaban J connectivity index is 4.09. The summed E-state index contributed by atoms with van der Waals surface area (Å²) in [6.45, 7) is 6.63. The van der Waals surface area contributed by atoms with E-state index in [0.717, 1.165) is 64.2 Å². The number of carbonyl (C=O) groups is 3. The molecule has 1 atom stereocenters. The van der Waals surface area contributed by atoms with Crippen molar-refractivity contribution < 1.29 is 28.6 Å². The van der Waals surface area contributed by atoms with E-state index in [-0.39, 0.29) is 31.1 Å². The molecule has 0 saturated carbocycles. The second-order valence-corrected chi connectivity index (χ2v) is 20.3. The molecule has 0 rings (SSSR count). The van der Waals surface area contributed by atoms with Gasteiger partial charge in [0, 0.05) is 19.3 Å². The number of allylic oxidation sites excluding steroid dienone is 4. The Morgan fingerprint density at radius 3 is 0.791 bits per heavy atom. The average Bonchev–Trinajstić information content (AvgIpc) is 3.33. The molecule has 0 saturated heterocycles. The Kier molecular flexibility index (Phi) is 54.7. The van der Waals surface area contributed by atoms with E-state index in [0.29, 0.717) is 19.3 Å². The summed E-state index contributed by atoms with van der Waals surface area (Å²) < 4.78 is 16.8. The highest BCUT2D eigenvalue weighted by atomic mass is 16.6. The largest absolute Gasteiger partial charge is 0.462 e. The van der Waals surface area contributed by atoms with Crippen molar-refractivity contribution in [2.24, 2.45) is 0 Å². The van der Waals surface area contributed by atoms with Crippen molar-refractivity contribution in [2.45, 2.75) is 335 Å². The standard InChI is InChI=1S/C61H114O6/c1-4-7-10-13-16-19-22-23-24-25-26-27-28-29-30-31-32-33-34-35-36-37-40-42-45-48-51-54-60(63)66-57-58(67-61(64)55-52-49-46-43-39-21-18-15-12-9-6-3)56-65-59(62)53-50-47-44-41-38-20-17-14-11-8-5-2/h15,18,25-26,58H,4-14,16-17,19-24,27-57H2,1-3H3/b18-15-,26-25-. The van der Waals surface area contributed by atoms with Gasteiger partial charge in [0.25, 0.3) is 0 Å². The van der Waals surface area contributed by atoms with Crippen LogP contribution in [-0.4, -0.2) is 37.2 Å². The zero-order valence-electron chi connectivity index (χ0n) is 45.2. The fourth-order valence-electron chi connectivity index (χ4n) is 8.89. The molecule has 0 aliphatic rings. The number of hydrogen-bond acceptors (Lipinski definition) is 6. The normalized spacial score (nSPS) is 12.1. The molecule has 0 aliphatic heterocycles. The van der Waals surface area contributed by atoms with Gasteiger partial charge in [-0.05, 0) is 64.2 Å². The first kappa shape index (κ1) is 64.9. The fraction of sp³-hybridized carbons (Fsp3) is 0.885. The fourth-order valence-corrected chi connectivity index (χ4v) is 8.89. The molecule has 0 aromatic heterocycles. The monoisotopic (exact) mass is 943 g/mol. The van der Waals surface area contributed by atoms with Crippen LogP contribution < -0.4 is 0 Å². The van der Waals surface area contributed by atoms with Crippen LogP contribution in [0.25, 0.3) is 0 Å². The maximum absolute atomic E-state index is 12.8. The lowest BCUT2D eigenvalue weighted by molar-refractivity contribution is -0.167. The van der Waals surface area contributed by atoms with E-state index in [9.17, 15) is 14.4 Å². The van der Waals surface area contributed by atoms with E-state index in [1.165, 1.54) is 225 Å². The summed E-state index contributed by atoms with van der Waals surface area (Å²) in [6.07, 6.45) is 66.2. The van der Waals surface area contributed by atoms with Gasteiger partial charge in [-0.3, -0.25) is 14.4 Å². The van der Waals surface area contributed by atoms with Crippen LogP contribution in [0.4, 0.5) is 0 Å². The lowest BCUT2D eigenvalue weighted by Crippen LogP contribution is -2.30. The van der Waals surface area contributed by atoms with E-state index in [2.05, 4.69) is 45.1 Å². The van der Waals surface area contributed by atoms with Gasteiger partial charge >= 0.3 is 17.9 Å². The molecule has 0 fully saturated rings. The summed E-state index contributed by atoms with van der Waals surface area (Å²) in [4.78, 5) is 38.0. The molecule has 0 N–H and O–H groups in total. The van der Waals surface area contributed by atoms with Crippen LogP contribution in [0.3, 0.4) is 0 Å². The summed E-state index contributed by atoms with van der Waals surface area (Å²) in [6, 6.07) is 0. The molecule has 0 spiro atoms. The van der Waals surface area contributed by atoms with E-state index in [4.69, 9.17) is 14.2 Å². The van der Waals surface area contributed by atoms with Crippen molar-refractivity contribution in [2.75, 3.05) is 13.2 Å². The van der Waals surface area contributed by atoms with Gasteiger partial charge < -0.3 is 14.2 Å². The zero-order valence-corrected chi connectivity index (χ0v) is 45.2. The Morgan fingerprint density at radius 2 is 0.507 bits per heavy atom. The van der Waals surface area contributed by atoms with Crippen molar-refractivity contribution in [3.05, 3.63) is 24.3 Å². The summed E-state index contributed by atoms with van der Waals surface area (Å²) in [5.41, 5.74) is 0. The lowest BCUT2D eigenvalue weighted by atomic mass is 10.0. The van der Waals surface area contributed by atoms with E-state index in [1.807, 2.05) is 0 Å². The van der Waals surface area contributed by atoms with Crippen LogP contribution in [0, 0.1) is 0 Å². The summed E-state index contributed by atoms with van der Waals surface area (Å²) in [7, 11) is 0. The molecule has 1 unspecified atom stereocenters. The van der Waals surface area contributed by atoms with Crippen molar-refractivity contribution >= 4 is 17.9 Å². The first-order valence-corrected chi connectivity index (χ1v) is 29.8. The summed E-state index contributed by atoms with van der Waals surface area (Å²) in [5, 5.41) is 0. The minimum Gasteiger partial charge on any atom is -0.462 e. The average molecular weight is 944 g/mol. The van der Waals surface area contributed by atoms with E-state index in [1.54, 1.807) is 0 Å². The Labute approximate surface area is 417 Å². The molecule has 394 valence electrons. The molecule has 0 bridgehead atoms. The highest BCUT2D eigenvalue weighted by molar-refractivity contribution is 5.71. The molecule has 0 aromatic carbocycles. The zero-order chi connectivity index (χ0) is 48.6. The molecule has 6 heteroatoms. The Bertz CT molecular complexity index is 1080. The molecule has 0 radical (unpaired) electrons. The van der Waals surface area contributed by atoms with Gasteiger partial charge in [-0.15, -0.1) is 0 Å². The maximum Gasteiger partial charge on any atom is 0.306 e. The first-order chi connectivity index (χ1) is 33.0. The number of carbonyl (C=O) groups excluding carboxylic acids is 3. The molecule has 0 heterocycles. The van der Waals surface area contributed by atoms with Crippen molar-refractivity contribution in [3.8, 4) is 0 Å². The first-order valence-electron chi connectivity index (χ1n) is 29.8. The highest BCUT2D eigenvalue weighted by Gasteiger charge is 2.19. The molecular weight excluding hydrogens is 829 g/mol. The van der Waals surface area contributed by atoms with E-state index >= 15 is 0 Å². The van der Waals surface area contributed by atoms with Crippen molar-refractivity contribution in [3.63, 3.8) is 0 Å². The van der Waals surface area contributed by atoms with E-state index < -0.39 is 6.10 Å². The van der Waals surface area contributed by atoms with Gasteiger partial charge in [-0.2, -0.15) is 0 Å². The molecular formula is C61H114O6. The third-order valence-electron chi connectivity index (χ3n) is 13.4. The predicted molar refractivity (Wildman–Crippen MR) is 289 cm³/mol. The van der Waals surface area contributed by atoms with Crippen molar-refractivity contribution in [1.29, 1.82) is 0 Å². The maximum atomic E-state index is 12.8. The van der Waals surface area contributed by atoms with Crippen LogP contribution in [0.2, 0.25) is 0 Å². The SMILES string of the molecule is CCCC/C=C\CCCCCCCC(=O)OC(COC(=O)CCCCCCCCCCCCC)COC(=O)CCCCCCCCCCCCCCCCC/C=C\CCCCCCCCCC. The topological polar surface area (TPSA) is 78.9 Å². The number of esters is 3. The predicted octanol–water partition coefficient (Wildman–Crippen LogP) is 19.9. The quantitative estimate of drug-likeness (QED) is 0.0262. The van der Waals surface area contributed by atoms with Gasteiger partial charge in [0.05, 0.1) is 0 Å². The number of ether oxygens (including phenoxy) is 3.